The molecule has 1 N–H and O–H groups in total. The van der Waals surface area contributed by atoms with Gasteiger partial charge in [-0.05, 0) is 33.6 Å². The molecule has 7 nitrogen and oxygen atoms in total. The first-order chi connectivity index (χ1) is 11.3. The maximum absolute atomic E-state index is 12.9. The molecule has 0 bridgehead atoms. The topological polar surface area (TPSA) is 93.8 Å². The molecule has 3 heterocycles. The zero-order chi connectivity index (χ0) is 17.3. The van der Waals surface area contributed by atoms with Crippen LogP contribution in [0.4, 0.5) is 13.2 Å². The molecule has 0 aliphatic rings. The van der Waals surface area contributed by atoms with Gasteiger partial charge >= 0.3 is 12.1 Å². The second-order valence-corrected chi connectivity index (χ2v) is 7.51. The molecule has 0 unspecified atom stereocenters. The Kier molecular flexibility index (Phi) is 4.56. The monoisotopic (exact) mass is 393 g/mol. The fourth-order valence-electron chi connectivity index (χ4n) is 1.68. The van der Waals surface area contributed by atoms with Crippen LogP contribution >= 0.6 is 34.4 Å². The second-order valence-electron chi connectivity index (χ2n) is 4.26. The summed E-state index contributed by atoms with van der Waals surface area (Å²) in [5.74, 6) is -1.68. The van der Waals surface area contributed by atoms with Crippen LogP contribution in [-0.4, -0.2) is 36.3 Å². The maximum Gasteiger partial charge on any atom is 0.435 e. The molecule has 0 amide bonds. The van der Waals surface area contributed by atoms with E-state index in [1.54, 1.807) is 0 Å². The number of nitrogens with zero attached hydrogens (tertiary/aromatic N) is 5. The number of aromatic carboxylic acids is 1. The molecule has 3 aromatic heterocycles. The molecular weight excluding hydrogens is 387 g/mol. The highest BCUT2D eigenvalue weighted by Crippen LogP contribution is 2.39. The van der Waals surface area contributed by atoms with Crippen LogP contribution in [0.5, 0.6) is 0 Å². The van der Waals surface area contributed by atoms with E-state index in [1.807, 2.05) is 17.5 Å². The predicted molar refractivity (Wildman–Crippen MR) is 79.4 cm³/mol. The third-order valence-electron chi connectivity index (χ3n) is 2.63. The van der Waals surface area contributed by atoms with Crippen LogP contribution in [0.15, 0.2) is 27.0 Å². The normalized spacial score (nSPS) is 11.8. The molecule has 0 aliphatic heterocycles. The summed E-state index contributed by atoms with van der Waals surface area (Å²) in [6.07, 6.45) is -4.84. The van der Waals surface area contributed by atoms with E-state index in [-0.39, 0.29) is 9.50 Å². The van der Waals surface area contributed by atoms with Crippen molar-refractivity contribution < 1.29 is 23.1 Å². The predicted octanol–water partition coefficient (Wildman–Crippen LogP) is 3.11. The van der Waals surface area contributed by atoms with E-state index < -0.39 is 22.7 Å². The van der Waals surface area contributed by atoms with Crippen molar-refractivity contribution in [1.29, 1.82) is 0 Å². The standard InChI is InChI=1S/C11H6F3N5O2S3/c12-11(13,14)7-6(8(20)21)23-10(15-7)24-9-16-17-18-19(9)4-5-2-1-3-22-5/h1-3H,4H2,(H,20,21). The molecule has 0 aromatic carbocycles. The number of hydrogen-bond donors (Lipinski definition) is 1. The first kappa shape index (κ1) is 16.9. The average molecular weight is 393 g/mol. The van der Waals surface area contributed by atoms with Gasteiger partial charge in [0, 0.05) is 4.88 Å². The molecule has 0 saturated heterocycles. The Balaban J connectivity index is 1.87. The third kappa shape index (κ3) is 3.57. The number of tetrazole rings is 1. The molecule has 0 spiro atoms. The quantitative estimate of drug-likeness (QED) is 0.712. The SMILES string of the molecule is O=C(O)c1sc(Sc2nnnn2Cc2cccs2)nc1C(F)(F)F. The molecule has 0 fully saturated rings. The van der Waals surface area contributed by atoms with Crippen molar-refractivity contribution in [3.8, 4) is 0 Å². The van der Waals surface area contributed by atoms with Gasteiger partial charge in [0.25, 0.3) is 0 Å². The molecule has 24 heavy (non-hydrogen) atoms. The number of halogens is 3. The lowest BCUT2D eigenvalue weighted by Crippen LogP contribution is -2.11. The van der Waals surface area contributed by atoms with Crippen LogP contribution in [0.25, 0.3) is 0 Å². The number of thiazole rings is 1. The van der Waals surface area contributed by atoms with Crippen molar-refractivity contribution in [2.45, 2.75) is 22.2 Å². The third-order valence-corrected chi connectivity index (χ3v) is 5.57. The average Bonchev–Trinajstić information content (AvgIpc) is 3.20. The van der Waals surface area contributed by atoms with Crippen molar-refractivity contribution in [2.75, 3.05) is 0 Å². The highest BCUT2D eigenvalue weighted by atomic mass is 32.2. The Morgan fingerprint density at radius 2 is 2.21 bits per heavy atom. The maximum atomic E-state index is 12.9. The van der Waals surface area contributed by atoms with Crippen molar-refractivity contribution in [3.63, 3.8) is 0 Å². The van der Waals surface area contributed by atoms with Gasteiger partial charge in [0.05, 0.1) is 6.54 Å². The van der Waals surface area contributed by atoms with Crippen molar-refractivity contribution >= 4 is 40.4 Å². The van der Waals surface area contributed by atoms with E-state index in [0.717, 1.165) is 16.6 Å². The number of carboxylic acid groups (broad SMARTS) is 1. The largest absolute Gasteiger partial charge is 0.477 e. The summed E-state index contributed by atoms with van der Waals surface area (Å²) >= 11 is 2.71. The fourth-order valence-corrected chi connectivity index (χ4v) is 4.24. The van der Waals surface area contributed by atoms with Gasteiger partial charge in [0.2, 0.25) is 5.16 Å². The van der Waals surface area contributed by atoms with Crippen LogP contribution < -0.4 is 0 Å². The number of rotatable bonds is 5. The molecule has 0 atom stereocenters. The van der Waals surface area contributed by atoms with Gasteiger partial charge < -0.3 is 5.11 Å². The Bertz CT molecular complexity index is 859. The zero-order valence-electron chi connectivity index (χ0n) is 11.4. The van der Waals surface area contributed by atoms with E-state index in [9.17, 15) is 18.0 Å². The molecular formula is C11H6F3N5O2S3. The lowest BCUT2D eigenvalue weighted by Gasteiger charge is -2.02. The van der Waals surface area contributed by atoms with Crippen LogP contribution in [0, 0.1) is 0 Å². The Labute approximate surface area is 144 Å². The molecule has 0 saturated carbocycles. The highest BCUT2D eigenvalue weighted by molar-refractivity contribution is 8.00. The molecule has 13 heteroatoms. The van der Waals surface area contributed by atoms with Gasteiger partial charge in [-0.3, -0.25) is 0 Å². The summed E-state index contributed by atoms with van der Waals surface area (Å²) in [7, 11) is 0. The minimum atomic E-state index is -4.84. The van der Waals surface area contributed by atoms with Gasteiger partial charge in [0.15, 0.2) is 10.0 Å². The molecule has 3 rings (SSSR count). The first-order valence-electron chi connectivity index (χ1n) is 6.12. The lowest BCUT2D eigenvalue weighted by atomic mass is 10.3. The van der Waals surface area contributed by atoms with E-state index in [4.69, 9.17) is 5.11 Å². The van der Waals surface area contributed by atoms with Gasteiger partial charge in [0.1, 0.15) is 4.88 Å². The summed E-state index contributed by atoms with van der Waals surface area (Å²) in [5, 5.41) is 22.0. The summed E-state index contributed by atoms with van der Waals surface area (Å²) in [6, 6.07) is 3.72. The minimum Gasteiger partial charge on any atom is -0.477 e. The van der Waals surface area contributed by atoms with Gasteiger partial charge in [-0.25, -0.2) is 14.5 Å². The van der Waals surface area contributed by atoms with Crippen LogP contribution in [0.1, 0.15) is 20.2 Å². The number of alkyl halides is 3. The molecule has 126 valence electrons. The van der Waals surface area contributed by atoms with Crippen molar-refractivity contribution in [2.24, 2.45) is 0 Å². The lowest BCUT2D eigenvalue weighted by molar-refractivity contribution is -0.141. The van der Waals surface area contributed by atoms with Crippen LogP contribution in [-0.2, 0) is 12.7 Å². The molecule has 0 aliphatic carbocycles. The Morgan fingerprint density at radius 1 is 1.42 bits per heavy atom. The molecule has 3 aromatic rings. The first-order valence-corrected chi connectivity index (χ1v) is 8.63. The summed E-state index contributed by atoms with van der Waals surface area (Å²) in [5.41, 5.74) is -1.42. The smallest absolute Gasteiger partial charge is 0.435 e. The van der Waals surface area contributed by atoms with Gasteiger partial charge in [-0.1, -0.05) is 17.4 Å². The Hall–Kier alpha value is -1.99. The van der Waals surface area contributed by atoms with E-state index in [1.165, 1.54) is 16.0 Å². The van der Waals surface area contributed by atoms with Crippen molar-refractivity contribution in [3.05, 3.63) is 33.0 Å². The number of thiophene rings is 1. The van der Waals surface area contributed by atoms with Crippen LogP contribution in [0.3, 0.4) is 0 Å². The van der Waals surface area contributed by atoms with E-state index in [2.05, 4.69) is 20.5 Å². The minimum absolute atomic E-state index is 0.0954. The number of aromatic nitrogens is 5. The highest BCUT2D eigenvalue weighted by Gasteiger charge is 2.40. The van der Waals surface area contributed by atoms with Crippen LogP contribution in [0.2, 0.25) is 0 Å². The molecule has 0 radical (unpaired) electrons. The fraction of sp³-hybridized carbons (Fsp3) is 0.182. The van der Waals surface area contributed by atoms with E-state index >= 15 is 0 Å². The van der Waals surface area contributed by atoms with E-state index in [0.29, 0.717) is 17.9 Å². The van der Waals surface area contributed by atoms with Gasteiger partial charge in [-0.2, -0.15) is 13.2 Å². The summed E-state index contributed by atoms with van der Waals surface area (Å²) < 4.78 is 39.9. The zero-order valence-corrected chi connectivity index (χ0v) is 13.8. The summed E-state index contributed by atoms with van der Waals surface area (Å²) in [6.45, 7) is 0.357. The number of hydrogen-bond acceptors (Lipinski definition) is 8. The number of carbonyl (C=O) groups is 1. The second kappa shape index (κ2) is 6.49. The summed E-state index contributed by atoms with van der Waals surface area (Å²) in [4.78, 5) is 14.5. The van der Waals surface area contributed by atoms with Gasteiger partial charge in [-0.15, -0.1) is 16.4 Å². The Morgan fingerprint density at radius 3 is 2.79 bits per heavy atom. The number of carboxylic acids is 1. The van der Waals surface area contributed by atoms with Crippen molar-refractivity contribution in [1.82, 2.24) is 25.2 Å².